The van der Waals surface area contributed by atoms with Crippen LogP contribution in [0.1, 0.15) is 70.1 Å². The number of cyclic esters (lactones) is 2. The van der Waals surface area contributed by atoms with Crippen molar-refractivity contribution in [1.82, 2.24) is 10.6 Å². The van der Waals surface area contributed by atoms with Gasteiger partial charge in [-0.2, -0.15) is 0 Å². The number of nitrogens with one attached hydrogen (secondary N) is 2. The van der Waals surface area contributed by atoms with E-state index in [1.807, 2.05) is 51.1 Å². The molecule has 0 spiro atoms. The van der Waals surface area contributed by atoms with Gasteiger partial charge in [-0.25, -0.2) is 4.79 Å². The Labute approximate surface area is 321 Å². The molecule has 2 aromatic rings. The third kappa shape index (κ3) is 12.7. The minimum absolute atomic E-state index is 0.0130. The summed E-state index contributed by atoms with van der Waals surface area (Å²) in [4.78, 5) is 66.8. The molecule has 1 saturated heterocycles. The number of hydrogen-bond donors (Lipinski definition) is 2. The molecule has 0 saturated carbocycles. The Morgan fingerprint density at radius 1 is 1.06 bits per heavy atom. The second-order valence-electron chi connectivity index (χ2n) is 14.0. The second-order valence-corrected chi connectivity index (χ2v) is 14.4. The molecular formula is C41H51ClN2O10. The first-order chi connectivity index (χ1) is 25.9. The van der Waals surface area contributed by atoms with E-state index in [9.17, 15) is 24.0 Å². The number of carbonyl (C=O) groups is 5. The number of hydrogen-bond acceptors (Lipinski definition) is 10. The maximum absolute atomic E-state index is 13.8. The number of halogens is 1. The number of amides is 2. The molecule has 0 radical (unpaired) electrons. The Bertz CT molecular complexity index is 1650. The molecule has 4 rings (SSSR count). The summed E-state index contributed by atoms with van der Waals surface area (Å²) in [5.41, 5.74) is 1.65. The molecule has 7 atom stereocenters. The zero-order valence-electron chi connectivity index (χ0n) is 31.3. The molecule has 0 aliphatic carbocycles. The third-order valence-electron chi connectivity index (χ3n) is 9.31. The molecule has 292 valence electrons. The zero-order valence-corrected chi connectivity index (χ0v) is 32.0. The van der Waals surface area contributed by atoms with Crippen molar-refractivity contribution in [2.24, 2.45) is 17.8 Å². The van der Waals surface area contributed by atoms with Crippen LogP contribution >= 0.6 is 11.6 Å². The van der Waals surface area contributed by atoms with Crippen LogP contribution in [0.3, 0.4) is 0 Å². The van der Waals surface area contributed by atoms with Gasteiger partial charge in [-0.1, -0.05) is 87.5 Å². The first-order valence-corrected chi connectivity index (χ1v) is 18.7. The fourth-order valence-corrected chi connectivity index (χ4v) is 6.56. The fourth-order valence-electron chi connectivity index (χ4n) is 6.28. The highest BCUT2D eigenvalue weighted by atomic mass is 35.5. The first kappa shape index (κ1) is 42.1. The SMILES string of the molecule is C=CCOC(=O)CCC[C@@H]1CNC(=O)[C@@H](Cc2ccc(OC)c(Cl)c2)NC(=O)/C=C/C[C@@H]([C@H](C)[C@H]2O[C@@H]2c2ccccc2)OC(=O)[C@H](CC(C)C)OC1=O. The lowest BCUT2D eigenvalue weighted by Crippen LogP contribution is -2.49. The highest BCUT2D eigenvalue weighted by Gasteiger charge is 2.47. The largest absolute Gasteiger partial charge is 0.495 e. The van der Waals surface area contributed by atoms with Crippen molar-refractivity contribution in [1.29, 1.82) is 0 Å². The van der Waals surface area contributed by atoms with Crippen molar-refractivity contribution in [2.75, 3.05) is 20.3 Å². The summed E-state index contributed by atoms with van der Waals surface area (Å²) >= 11 is 6.36. The predicted molar refractivity (Wildman–Crippen MR) is 201 cm³/mol. The van der Waals surface area contributed by atoms with E-state index < -0.39 is 53.9 Å². The maximum Gasteiger partial charge on any atom is 0.347 e. The lowest BCUT2D eigenvalue weighted by atomic mass is 9.93. The van der Waals surface area contributed by atoms with Gasteiger partial charge < -0.3 is 34.3 Å². The quantitative estimate of drug-likeness (QED) is 0.107. The Kier molecular flexibility index (Phi) is 16.1. The van der Waals surface area contributed by atoms with Gasteiger partial charge in [0.1, 0.15) is 30.6 Å². The summed E-state index contributed by atoms with van der Waals surface area (Å²) in [7, 11) is 1.49. The summed E-state index contributed by atoms with van der Waals surface area (Å²) < 4.78 is 28.3. The molecule has 0 unspecified atom stereocenters. The van der Waals surface area contributed by atoms with Gasteiger partial charge in [-0.05, 0) is 54.5 Å². The molecule has 2 amide bonds. The summed E-state index contributed by atoms with van der Waals surface area (Å²) in [5, 5.41) is 5.88. The Morgan fingerprint density at radius 2 is 1.81 bits per heavy atom. The second kappa shape index (κ2) is 20.7. The van der Waals surface area contributed by atoms with Crippen LogP contribution in [-0.4, -0.2) is 74.3 Å². The van der Waals surface area contributed by atoms with Gasteiger partial charge >= 0.3 is 17.9 Å². The van der Waals surface area contributed by atoms with Crippen molar-refractivity contribution >= 4 is 41.3 Å². The van der Waals surface area contributed by atoms with E-state index in [0.29, 0.717) is 16.3 Å². The molecule has 2 N–H and O–H groups in total. The Morgan fingerprint density at radius 3 is 2.50 bits per heavy atom. The molecule has 0 aromatic heterocycles. The fraction of sp³-hybridized carbons (Fsp3) is 0.488. The molecule has 0 bridgehead atoms. The molecule has 54 heavy (non-hydrogen) atoms. The van der Waals surface area contributed by atoms with Crippen LogP contribution in [0.15, 0.2) is 73.3 Å². The first-order valence-electron chi connectivity index (χ1n) is 18.3. The summed E-state index contributed by atoms with van der Waals surface area (Å²) in [6.07, 6.45) is 2.76. The highest BCUT2D eigenvalue weighted by molar-refractivity contribution is 6.32. The van der Waals surface area contributed by atoms with Crippen molar-refractivity contribution < 1.29 is 47.7 Å². The third-order valence-corrected chi connectivity index (χ3v) is 9.61. The number of epoxide rings is 1. The van der Waals surface area contributed by atoms with Crippen molar-refractivity contribution in [3.05, 3.63) is 89.5 Å². The summed E-state index contributed by atoms with van der Waals surface area (Å²) in [5.74, 6) is -3.84. The van der Waals surface area contributed by atoms with E-state index >= 15 is 0 Å². The van der Waals surface area contributed by atoms with E-state index in [1.165, 1.54) is 19.3 Å². The molecule has 1 fully saturated rings. The Hall–Kier alpha value is -4.68. The average Bonchev–Trinajstić information content (AvgIpc) is 3.95. The van der Waals surface area contributed by atoms with Crippen LogP contribution < -0.4 is 15.4 Å². The molecule has 2 aromatic carbocycles. The van der Waals surface area contributed by atoms with E-state index in [1.54, 1.807) is 24.3 Å². The van der Waals surface area contributed by atoms with Crippen LogP contribution in [-0.2, 0) is 49.3 Å². The molecule has 12 nitrogen and oxygen atoms in total. The number of benzene rings is 2. The van der Waals surface area contributed by atoms with Crippen molar-refractivity contribution in [3.63, 3.8) is 0 Å². The monoisotopic (exact) mass is 766 g/mol. The van der Waals surface area contributed by atoms with Crippen molar-refractivity contribution in [2.45, 2.75) is 89.8 Å². The van der Waals surface area contributed by atoms with E-state index in [2.05, 4.69) is 17.2 Å². The number of rotatable bonds is 14. The van der Waals surface area contributed by atoms with Gasteiger partial charge in [-0.3, -0.25) is 19.2 Å². The average molecular weight is 767 g/mol. The van der Waals surface area contributed by atoms with Gasteiger partial charge in [0.05, 0.1) is 24.2 Å². The Balaban J connectivity index is 1.62. The van der Waals surface area contributed by atoms with Crippen LogP contribution in [0.2, 0.25) is 5.02 Å². The number of methoxy groups -OCH3 is 1. The normalized spacial score (nSPS) is 25.0. The van der Waals surface area contributed by atoms with E-state index in [0.717, 1.165) is 5.56 Å². The van der Waals surface area contributed by atoms with Crippen LogP contribution in [0, 0.1) is 17.8 Å². The highest BCUT2D eigenvalue weighted by Crippen LogP contribution is 2.45. The van der Waals surface area contributed by atoms with Crippen molar-refractivity contribution in [3.8, 4) is 5.75 Å². The topological polar surface area (TPSA) is 159 Å². The number of esters is 3. The lowest BCUT2D eigenvalue weighted by Gasteiger charge is -2.27. The van der Waals surface area contributed by atoms with Gasteiger partial charge in [0.2, 0.25) is 11.8 Å². The molecule has 2 aliphatic rings. The van der Waals surface area contributed by atoms with Gasteiger partial charge in [0.25, 0.3) is 0 Å². The van der Waals surface area contributed by atoms with E-state index in [-0.39, 0.29) is 75.7 Å². The number of carbonyl (C=O) groups excluding carboxylic acids is 5. The zero-order chi connectivity index (χ0) is 39.2. The molecule has 2 heterocycles. The minimum Gasteiger partial charge on any atom is -0.495 e. The van der Waals surface area contributed by atoms with Crippen LogP contribution in [0.4, 0.5) is 0 Å². The van der Waals surface area contributed by atoms with Gasteiger partial charge in [0, 0.05) is 31.7 Å². The predicted octanol–water partition coefficient (Wildman–Crippen LogP) is 5.61. The van der Waals surface area contributed by atoms with Crippen LogP contribution in [0.5, 0.6) is 5.75 Å². The van der Waals surface area contributed by atoms with Gasteiger partial charge in [-0.15, -0.1) is 0 Å². The molecule has 2 aliphatic heterocycles. The standard InChI is InChI=1S/C41H51ClN2O10/c1-6-20-51-36(46)17-10-14-29-24-43-39(47)31(23-27-18-19-33(50-5)30(42)22-27)44-35(45)16-11-15-32(52-41(49)34(21-25(2)3)53-40(29)48)26(4)37-38(54-37)28-12-8-7-9-13-28/h6-9,11-13,16,18-19,22,25-26,29,31-32,34,37-38H,1,10,14-15,17,20-21,23-24H2,2-5H3,(H,43,47)(H,44,45)/b16-11+/t26-,29+,31+,32-,34-,37+,38+/m0/s1. The molecule has 13 heteroatoms. The smallest absolute Gasteiger partial charge is 0.347 e. The number of ether oxygens (including phenoxy) is 5. The maximum atomic E-state index is 13.8. The summed E-state index contributed by atoms with van der Waals surface area (Å²) in [6, 6.07) is 13.7. The summed E-state index contributed by atoms with van der Waals surface area (Å²) in [6.45, 7) is 9.11. The van der Waals surface area contributed by atoms with Crippen LogP contribution in [0.25, 0.3) is 0 Å². The van der Waals surface area contributed by atoms with Gasteiger partial charge in [0.15, 0.2) is 6.10 Å². The lowest BCUT2D eigenvalue weighted by molar-refractivity contribution is -0.176. The van der Waals surface area contributed by atoms with E-state index in [4.69, 9.17) is 35.3 Å². The molecular weight excluding hydrogens is 716 g/mol. The minimum atomic E-state index is -1.24.